The number of rotatable bonds is 6. The highest BCUT2D eigenvalue weighted by atomic mass is 79.9. The van der Waals surface area contributed by atoms with Crippen LogP contribution in [0.2, 0.25) is 0 Å². The van der Waals surface area contributed by atoms with E-state index in [1.54, 1.807) is 0 Å². The summed E-state index contributed by atoms with van der Waals surface area (Å²) in [4.78, 5) is 13.9. The molecule has 0 aliphatic rings. The minimum absolute atomic E-state index is 0.148. The molecular formula is C13H17BrClNO. The van der Waals surface area contributed by atoms with Gasteiger partial charge < -0.3 is 4.90 Å². The molecule has 2 nitrogen and oxygen atoms in total. The fourth-order valence-corrected chi connectivity index (χ4v) is 2.09. The lowest BCUT2D eigenvalue weighted by atomic mass is 10.1. The molecule has 0 aliphatic heterocycles. The number of hydrogen-bond donors (Lipinski definition) is 0. The molecule has 0 unspecified atom stereocenters. The maximum atomic E-state index is 12.0. The van der Waals surface area contributed by atoms with Crippen LogP contribution in [0.4, 0.5) is 0 Å². The average Bonchev–Trinajstić information content (AvgIpc) is 2.32. The number of amides is 1. The predicted octanol–water partition coefficient (Wildman–Crippen LogP) is 3.47. The quantitative estimate of drug-likeness (QED) is 0.736. The molecule has 0 saturated carbocycles. The first-order chi connectivity index (χ1) is 8.17. The van der Waals surface area contributed by atoms with E-state index in [0.717, 1.165) is 23.0 Å². The molecule has 0 bridgehead atoms. The van der Waals surface area contributed by atoms with Crippen LogP contribution < -0.4 is 0 Å². The van der Waals surface area contributed by atoms with Gasteiger partial charge in [-0.15, -0.1) is 11.6 Å². The average molecular weight is 319 g/mol. The van der Waals surface area contributed by atoms with Crippen molar-refractivity contribution >= 4 is 33.4 Å². The van der Waals surface area contributed by atoms with Gasteiger partial charge in [-0.3, -0.25) is 4.79 Å². The number of alkyl halides is 1. The van der Waals surface area contributed by atoms with E-state index in [1.807, 2.05) is 29.2 Å². The number of carbonyl (C=O) groups excluding carboxylic acids is 1. The third-order valence-electron chi connectivity index (χ3n) is 2.47. The minimum Gasteiger partial charge on any atom is -0.341 e. The van der Waals surface area contributed by atoms with Crippen LogP contribution >= 0.6 is 27.5 Å². The Morgan fingerprint density at radius 1 is 1.29 bits per heavy atom. The fraction of sp³-hybridized carbons (Fsp3) is 0.462. The van der Waals surface area contributed by atoms with Gasteiger partial charge in [0.15, 0.2) is 0 Å². The van der Waals surface area contributed by atoms with Gasteiger partial charge in [0.05, 0.1) is 6.42 Å². The second-order valence-corrected chi connectivity index (χ2v) is 5.17. The summed E-state index contributed by atoms with van der Waals surface area (Å²) in [6.45, 7) is 3.47. The lowest BCUT2D eigenvalue weighted by Gasteiger charge is -2.21. The fourth-order valence-electron chi connectivity index (χ4n) is 1.62. The van der Waals surface area contributed by atoms with Crippen molar-refractivity contribution in [2.75, 3.05) is 19.0 Å². The molecule has 0 spiro atoms. The molecular weight excluding hydrogens is 302 g/mol. The van der Waals surface area contributed by atoms with E-state index in [9.17, 15) is 4.79 Å². The van der Waals surface area contributed by atoms with E-state index < -0.39 is 0 Å². The topological polar surface area (TPSA) is 20.3 Å². The van der Waals surface area contributed by atoms with Crippen LogP contribution in [-0.2, 0) is 11.2 Å². The summed E-state index contributed by atoms with van der Waals surface area (Å²) in [5, 5.41) is 0. The number of benzene rings is 1. The Bertz CT molecular complexity index is 347. The Balaban J connectivity index is 2.59. The monoisotopic (exact) mass is 317 g/mol. The summed E-state index contributed by atoms with van der Waals surface area (Å²) < 4.78 is 1.03. The van der Waals surface area contributed by atoms with Crippen LogP contribution in [0.5, 0.6) is 0 Å². The first-order valence-corrected chi connectivity index (χ1v) is 7.08. The molecule has 0 N–H and O–H groups in total. The molecule has 0 saturated heterocycles. The summed E-state index contributed by atoms with van der Waals surface area (Å²) in [6.07, 6.45) is 1.41. The predicted molar refractivity (Wildman–Crippen MR) is 75.4 cm³/mol. The maximum absolute atomic E-state index is 12.0. The lowest BCUT2D eigenvalue weighted by Crippen LogP contribution is -2.34. The van der Waals surface area contributed by atoms with Gasteiger partial charge in [-0.1, -0.05) is 35.0 Å². The molecule has 0 fully saturated rings. The van der Waals surface area contributed by atoms with Crippen molar-refractivity contribution in [3.05, 3.63) is 34.3 Å². The van der Waals surface area contributed by atoms with Crippen LogP contribution in [0.25, 0.3) is 0 Å². The van der Waals surface area contributed by atoms with Crippen LogP contribution in [-0.4, -0.2) is 29.8 Å². The second-order valence-electron chi connectivity index (χ2n) is 3.87. The lowest BCUT2D eigenvalue weighted by molar-refractivity contribution is -0.130. The van der Waals surface area contributed by atoms with Crippen LogP contribution in [0.3, 0.4) is 0 Å². The SMILES string of the molecule is CCCN(CCCl)C(=O)Cc1ccc(Br)cc1. The van der Waals surface area contributed by atoms with Crippen LogP contribution in [0.15, 0.2) is 28.7 Å². The summed E-state index contributed by atoms with van der Waals surface area (Å²) in [6, 6.07) is 7.84. The summed E-state index contributed by atoms with van der Waals surface area (Å²) >= 11 is 9.08. The molecule has 1 rings (SSSR count). The normalized spacial score (nSPS) is 10.3. The zero-order valence-electron chi connectivity index (χ0n) is 9.96. The third kappa shape index (κ3) is 5.09. The molecule has 0 heterocycles. The van der Waals surface area contributed by atoms with Crippen molar-refractivity contribution in [3.8, 4) is 0 Å². The molecule has 0 radical (unpaired) electrons. The zero-order chi connectivity index (χ0) is 12.7. The van der Waals surface area contributed by atoms with Gasteiger partial charge in [-0.25, -0.2) is 0 Å². The van der Waals surface area contributed by atoms with E-state index >= 15 is 0 Å². The van der Waals surface area contributed by atoms with E-state index in [4.69, 9.17) is 11.6 Å². The minimum atomic E-state index is 0.148. The maximum Gasteiger partial charge on any atom is 0.227 e. The number of carbonyl (C=O) groups is 1. The van der Waals surface area contributed by atoms with Crippen molar-refractivity contribution in [3.63, 3.8) is 0 Å². The molecule has 17 heavy (non-hydrogen) atoms. The zero-order valence-corrected chi connectivity index (χ0v) is 12.3. The van der Waals surface area contributed by atoms with Gasteiger partial charge in [0, 0.05) is 23.4 Å². The Hall–Kier alpha value is -0.540. The van der Waals surface area contributed by atoms with Crippen molar-refractivity contribution < 1.29 is 4.79 Å². The van der Waals surface area contributed by atoms with Gasteiger partial charge in [0.1, 0.15) is 0 Å². The third-order valence-corrected chi connectivity index (χ3v) is 3.17. The van der Waals surface area contributed by atoms with Gasteiger partial charge in [-0.05, 0) is 24.1 Å². The first-order valence-electron chi connectivity index (χ1n) is 5.75. The van der Waals surface area contributed by atoms with Crippen molar-refractivity contribution in [2.24, 2.45) is 0 Å². The molecule has 0 atom stereocenters. The highest BCUT2D eigenvalue weighted by molar-refractivity contribution is 9.10. The number of halogens is 2. The van der Waals surface area contributed by atoms with Gasteiger partial charge in [0.2, 0.25) is 5.91 Å². The highest BCUT2D eigenvalue weighted by Crippen LogP contribution is 2.11. The Morgan fingerprint density at radius 3 is 2.47 bits per heavy atom. The highest BCUT2D eigenvalue weighted by Gasteiger charge is 2.12. The molecule has 4 heteroatoms. The van der Waals surface area contributed by atoms with Crippen molar-refractivity contribution in [1.82, 2.24) is 4.90 Å². The van der Waals surface area contributed by atoms with E-state index in [0.29, 0.717) is 18.8 Å². The molecule has 94 valence electrons. The van der Waals surface area contributed by atoms with Crippen molar-refractivity contribution in [1.29, 1.82) is 0 Å². The Morgan fingerprint density at radius 2 is 1.94 bits per heavy atom. The van der Waals surface area contributed by atoms with Crippen LogP contribution in [0.1, 0.15) is 18.9 Å². The van der Waals surface area contributed by atoms with E-state index in [2.05, 4.69) is 22.9 Å². The first kappa shape index (κ1) is 14.5. The molecule has 1 amide bonds. The molecule has 0 aromatic heterocycles. The largest absolute Gasteiger partial charge is 0.341 e. The summed E-state index contributed by atoms with van der Waals surface area (Å²) in [5.41, 5.74) is 1.04. The second kappa shape index (κ2) is 7.72. The van der Waals surface area contributed by atoms with Gasteiger partial charge in [-0.2, -0.15) is 0 Å². The summed E-state index contributed by atoms with van der Waals surface area (Å²) in [7, 11) is 0. The van der Waals surface area contributed by atoms with E-state index in [1.165, 1.54) is 0 Å². The number of hydrogen-bond acceptors (Lipinski definition) is 1. The Labute approximate surface area is 116 Å². The smallest absolute Gasteiger partial charge is 0.227 e. The van der Waals surface area contributed by atoms with Gasteiger partial charge in [0.25, 0.3) is 0 Å². The summed E-state index contributed by atoms with van der Waals surface area (Å²) in [5.74, 6) is 0.640. The van der Waals surface area contributed by atoms with E-state index in [-0.39, 0.29) is 5.91 Å². The van der Waals surface area contributed by atoms with Crippen molar-refractivity contribution in [2.45, 2.75) is 19.8 Å². The molecule has 0 aliphatic carbocycles. The van der Waals surface area contributed by atoms with Gasteiger partial charge >= 0.3 is 0 Å². The molecule has 1 aromatic carbocycles. The molecule has 1 aromatic rings. The standard InChI is InChI=1S/C13H17BrClNO/c1-2-8-16(9-7-15)13(17)10-11-3-5-12(14)6-4-11/h3-6H,2,7-10H2,1H3. The number of nitrogens with zero attached hydrogens (tertiary/aromatic N) is 1. The van der Waals surface area contributed by atoms with Crippen LogP contribution in [0, 0.1) is 0 Å². The Kier molecular flexibility index (Phi) is 6.60.